The van der Waals surface area contributed by atoms with Gasteiger partial charge in [-0.25, -0.2) is 0 Å². The van der Waals surface area contributed by atoms with Gasteiger partial charge in [0.05, 0.1) is 6.04 Å². The lowest BCUT2D eigenvalue weighted by Gasteiger charge is -2.39. The normalized spacial score (nSPS) is 17.7. The van der Waals surface area contributed by atoms with Crippen LogP contribution < -0.4 is 5.32 Å². The highest BCUT2D eigenvalue weighted by Gasteiger charge is 2.36. The maximum absolute atomic E-state index is 13.7. The summed E-state index contributed by atoms with van der Waals surface area (Å²) >= 11 is 0. The summed E-state index contributed by atoms with van der Waals surface area (Å²) < 4.78 is 0. The van der Waals surface area contributed by atoms with Crippen LogP contribution in [0.25, 0.3) is 11.1 Å². The number of aromatic nitrogens is 1. The number of carbonyl (C=O) groups excluding carboxylic acids is 3. The Kier molecular flexibility index (Phi) is 9.60. The molecule has 0 spiro atoms. The first-order chi connectivity index (χ1) is 17.5. The third-order valence-electron chi connectivity index (χ3n) is 7.28. The third-order valence-corrected chi connectivity index (χ3v) is 7.28. The molecule has 2 aromatic rings. The molecule has 1 aliphatic rings. The van der Waals surface area contributed by atoms with E-state index in [1.54, 1.807) is 11.1 Å². The van der Waals surface area contributed by atoms with E-state index in [9.17, 15) is 14.4 Å². The number of benzene rings is 1. The van der Waals surface area contributed by atoms with Gasteiger partial charge in [-0.1, -0.05) is 32.0 Å². The number of piperidine rings is 1. The predicted octanol–water partition coefficient (Wildman–Crippen LogP) is 4.47. The molecule has 200 valence electrons. The SMILES string of the molecule is CC(=O)C[C@H](NC(=O)[C@H](CC(C)C)N1CCC(N(C)C)CC1=O)c1cncc(-c2c(C)cccc2C)c1. The van der Waals surface area contributed by atoms with Gasteiger partial charge in [0.25, 0.3) is 0 Å². The van der Waals surface area contributed by atoms with E-state index in [2.05, 4.69) is 55.0 Å². The molecule has 0 aliphatic carbocycles. The number of amides is 2. The van der Waals surface area contributed by atoms with E-state index in [0.29, 0.717) is 19.4 Å². The lowest BCUT2D eigenvalue weighted by atomic mass is 9.93. The Morgan fingerprint density at radius 3 is 2.41 bits per heavy atom. The van der Waals surface area contributed by atoms with E-state index in [4.69, 9.17) is 0 Å². The van der Waals surface area contributed by atoms with Crippen molar-refractivity contribution in [2.75, 3.05) is 20.6 Å². The lowest BCUT2D eigenvalue weighted by molar-refractivity contribution is -0.145. The van der Waals surface area contributed by atoms with Crippen LogP contribution in [0.2, 0.25) is 0 Å². The maximum Gasteiger partial charge on any atom is 0.243 e. The molecule has 1 aromatic carbocycles. The quantitative estimate of drug-likeness (QED) is 0.514. The Balaban J connectivity index is 1.89. The van der Waals surface area contributed by atoms with Crippen LogP contribution >= 0.6 is 0 Å². The van der Waals surface area contributed by atoms with Crippen molar-refractivity contribution in [2.24, 2.45) is 5.92 Å². The average molecular weight is 507 g/mol. The van der Waals surface area contributed by atoms with Gasteiger partial charge in [0.1, 0.15) is 11.8 Å². The zero-order chi connectivity index (χ0) is 27.3. The number of nitrogens with zero attached hydrogens (tertiary/aromatic N) is 3. The molecule has 7 heteroatoms. The van der Waals surface area contributed by atoms with Crippen molar-refractivity contribution in [2.45, 2.75) is 78.4 Å². The zero-order valence-electron chi connectivity index (χ0n) is 23.4. The highest BCUT2D eigenvalue weighted by atomic mass is 16.2. The van der Waals surface area contributed by atoms with E-state index in [1.807, 2.05) is 32.4 Å². The Hall–Kier alpha value is -3.06. The zero-order valence-corrected chi connectivity index (χ0v) is 23.4. The van der Waals surface area contributed by atoms with Crippen LogP contribution in [0.15, 0.2) is 36.7 Å². The molecule has 3 atom stereocenters. The van der Waals surface area contributed by atoms with Crippen molar-refractivity contribution >= 4 is 17.6 Å². The number of rotatable bonds is 10. The van der Waals surface area contributed by atoms with Gasteiger partial charge >= 0.3 is 0 Å². The van der Waals surface area contributed by atoms with E-state index >= 15 is 0 Å². The number of nitrogens with one attached hydrogen (secondary N) is 1. The van der Waals surface area contributed by atoms with Crippen LogP contribution in [0.4, 0.5) is 0 Å². The van der Waals surface area contributed by atoms with Crippen LogP contribution in [0.5, 0.6) is 0 Å². The summed E-state index contributed by atoms with van der Waals surface area (Å²) in [5, 5.41) is 3.13. The summed E-state index contributed by atoms with van der Waals surface area (Å²) in [5.74, 6) is 0.00287. The molecule has 1 saturated heterocycles. The topological polar surface area (TPSA) is 82.6 Å². The van der Waals surface area contributed by atoms with Gasteiger partial charge in [0, 0.05) is 43.4 Å². The fourth-order valence-electron chi connectivity index (χ4n) is 5.29. The van der Waals surface area contributed by atoms with Crippen molar-refractivity contribution in [1.82, 2.24) is 20.1 Å². The fourth-order valence-corrected chi connectivity index (χ4v) is 5.29. The lowest BCUT2D eigenvalue weighted by Crippen LogP contribution is -2.55. The minimum absolute atomic E-state index is 0.00700. The van der Waals surface area contributed by atoms with E-state index in [0.717, 1.165) is 34.2 Å². The number of Topliss-reactive ketones (excluding diaryl/α,β-unsaturated/α-hetero) is 1. The summed E-state index contributed by atoms with van der Waals surface area (Å²) in [5.41, 5.74) is 5.13. The number of aryl methyl sites for hydroxylation is 2. The number of carbonyl (C=O) groups is 3. The van der Waals surface area contributed by atoms with Crippen LogP contribution in [0.3, 0.4) is 0 Å². The van der Waals surface area contributed by atoms with E-state index in [1.165, 1.54) is 6.92 Å². The summed E-state index contributed by atoms with van der Waals surface area (Å²) in [6.07, 6.45) is 5.51. The van der Waals surface area contributed by atoms with Gasteiger partial charge in [0.2, 0.25) is 11.8 Å². The van der Waals surface area contributed by atoms with Crippen molar-refractivity contribution in [3.8, 4) is 11.1 Å². The predicted molar refractivity (Wildman–Crippen MR) is 147 cm³/mol. The Morgan fingerprint density at radius 2 is 1.84 bits per heavy atom. The van der Waals surface area contributed by atoms with Crippen LogP contribution in [-0.4, -0.2) is 65.1 Å². The number of hydrogen-bond acceptors (Lipinski definition) is 5. The molecule has 2 heterocycles. The van der Waals surface area contributed by atoms with Gasteiger partial charge in [-0.3, -0.25) is 19.4 Å². The van der Waals surface area contributed by atoms with Gasteiger partial charge in [-0.05, 0) is 81.9 Å². The van der Waals surface area contributed by atoms with E-state index < -0.39 is 12.1 Å². The molecule has 37 heavy (non-hydrogen) atoms. The molecule has 1 aliphatic heterocycles. The van der Waals surface area contributed by atoms with Crippen molar-refractivity contribution in [3.63, 3.8) is 0 Å². The fraction of sp³-hybridized carbons (Fsp3) is 0.533. The molecule has 0 saturated carbocycles. The Bertz CT molecular complexity index is 1110. The first-order valence-electron chi connectivity index (χ1n) is 13.2. The summed E-state index contributed by atoms with van der Waals surface area (Å²) in [4.78, 5) is 47.3. The average Bonchev–Trinajstić information content (AvgIpc) is 2.82. The minimum atomic E-state index is -0.570. The smallest absolute Gasteiger partial charge is 0.243 e. The van der Waals surface area contributed by atoms with Crippen molar-refractivity contribution in [3.05, 3.63) is 53.3 Å². The minimum Gasteiger partial charge on any atom is -0.347 e. The molecule has 1 aromatic heterocycles. The number of hydrogen-bond donors (Lipinski definition) is 1. The molecule has 7 nitrogen and oxygen atoms in total. The second kappa shape index (κ2) is 12.5. The van der Waals surface area contributed by atoms with Gasteiger partial charge in [-0.2, -0.15) is 0 Å². The Labute approximate surface area is 221 Å². The van der Waals surface area contributed by atoms with Crippen LogP contribution in [0.1, 0.15) is 69.2 Å². The van der Waals surface area contributed by atoms with Crippen LogP contribution in [0, 0.1) is 19.8 Å². The van der Waals surface area contributed by atoms with E-state index in [-0.39, 0.29) is 36.0 Å². The standard InChI is InChI=1S/C30H42N4O3/c1-19(2)13-27(34-12-11-25(33(6)7)16-28(34)36)30(37)32-26(14-22(5)35)23-15-24(18-31-17-23)29-20(3)9-8-10-21(29)4/h8-10,15,17-19,25-27H,11-14,16H2,1-7H3,(H,32,37)/t25?,26-,27-/m0/s1. The molecule has 1 N–H and O–H groups in total. The summed E-state index contributed by atoms with van der Waals surface area (Å²) in [6.45, 7) is 10.3. The summed E-state index contributed by atoms with van der Waals surface area (Å²) in [6, 6.07) is 7.28. The van der Waals surface area contributed by atoms with Gasteiger partial charge in [0.15, 0.2) is 0 Å². The maximum atomic E-state index is 13.7. The molecular weight excluding hydrogens is 464 g/mol. The Morgan fingerprint density at radius 1 is 1.16 bits per heavy atom. The highest BCUT2D eigenvalue weighted by molar-refractivity contribution is 5.89. The summed E-state index contributed by atoms with van der Waals surface area (Å²) in [7, 11) is 3.97. The van der Waals surface area contributed by atoms with Gasteiger partial charge in [-0.15, -0.1) is 0 Å². The molecule has 2 amide bonds. The highest BCUT2D eigenvalue weighted by Crippen LogP contribution is 2.30. The van der Waals surface area contributed by atoms with Crippen LogP contribution in [-0.2, 0) is 14.4 Å². The molecule has 0 bridgehead atoms. The van der Waals surface area contributed by atoms with Crippen molar-refractivity contribution in [1.29, 1.82) is 0 Å². The first-order valence-corrected chi connectivity index (χ1v) is 13.2. The van der Waals surface area contributed by atoms with Gasteiger partial charge < -0.3 is 15.1 Å². The second-order valence-corrected chi connectivity index (χ2v) is 11.1. The molecule has 0 radical (unpaired) electrons. The van der Waals surface area contributed by atoms with Crippen molar-refractivity contribution < 1.29 is 14.4 Å². The number of pyridine rings is 1. The second-order valence-electron chi connectivity index (χ2n) is 11.1. The molecule has 1 fully saturated rings. The number of likely N-dealkylation sites (tertiary alicyclic amines) is 1. The largest absolute Gasteiger partial charge is 0.347 e. The molecule has 1 unspecified atom stereocenters. The first kappa shape index (κ1) is 28.5. The molecular formula is C30H42N4O3. The third kappa shape index (κ3) is 7.25. The molecule has 3 rings (SSSR count). The number of ketones is 1. The monoisotopic (exact) mass is 506 g/mol.